The molecule has 13 heteroatoms. The van der Waals surface area contributed by atoms with Crippen LogP contribution in [-0.2, 0) is 365 Å². The minimum atomic E-state index is 0. The second-order valence-electron chi connectivity index (χ2n) is 2.40. The molecule has 1 aliphatic rings. The van der Waals surface area contributed by atoms with Crippen molar-refractivity contribution in [3.63, 3.8) is 0 Å². The Kier molecular flexibility index (Phi) is 191. The van der Waals surface area contributed by atoms with E-state index in [-0.39, 0.29) is 360 Å². The zero-order valence-corrected chi connectivity index (χ0v) is 43.1. The molecule has 11 radical (unpaired) electrons. The van der Waals surface area contributed by atoms with E-state index in [2.05, 4.69) is 18.9 Å². The molecule has 0 saturated carbocycles. The average molecular weight is 1090 g/mol. The molecule has 0 N–H and O–H groups in total. The third-order valence-electron chi connectivity index (χ3n) is 1.70. The molecule has 0 amide bonds. The molecule has 0 aromatic rings. The predicted molar refractivity (Wildman–Crippen MR) is 32.9 cm³/mol. The van der Waals surface area contributed by atoms with Crippen LogP contribution >= 0.6 is 0 Å². The van der Waals surface area contributed by atoms with Crippen LogP contribution in [0.1, 0.15) is 6.92 Å². The molecule has 0 bridgehead atoms. The number of hydrogen-bond acceptors (Lipinski definition) is 2. The predicted octanol–water partition coefficient (Wildman–Crippen LogP) is 0.309. The van der Waals surface area contributed by atoms with Crippen molar-refractivity contribution in [3.05, 3.63) is 0 Å². The van der Waals surface area contributed by atoms with Gasteiger partial charge in [0.15, 0.2) is 0 Å². The van der Waals surface area contributed by atoms with Gasteiger partial charge in [0.1, 0.15) is 0 Å². The Morgan fingerprint density at radius 2 is 1.05 bits per heavy atom. The standard InChI is InChI=1S/C6H13NO.11Y/c1-6-5-8-4-3-7(6)2;;;;;;;;;;;/h6H,3-5H2,1-2H3;;;;;;;;;;;. The SMILES string of the molecule is CC1COCCN1C.[Y].[Y].[Y].[Y].[Y].[Y].[Y].[Y].[Y].[Y].[Y]. The van der Waals surface area contributed by atoms with Crippen molar-refractivity contribution < 1.29 is 365 Å². The summed E-state index contributed by atoms with van der Waals surface area (Å²) in [5, 5.41) is 0. The molecular weight excluding hydrogens is 1080 g/mol. The summed E-state index contributed by atoms with van der Waals surface area (Å²) in [4.78, 5) is 2.31. The molecule has 1 fully saturated rings. The molecule has 1 saturated heterocycles. The number of ether oxygens (including phenoxy) is 1. The van der Waals surface area contributed by atoms with E-state index in [1.54, 1.807) is 0 Å². The van der Waals surface area contributed by atoms with Crippen LogP contribution in [0, 0.1) is 0 Å². The molecule has 0 aromatic heterocycles. The van der Waals surface area contributed by atoms with Crippen LogP contribution in [0.4, 0.5) is 0 Å². The van der Waals surface area contributed by atoms with Crippen LogP contribution in [0.5, 0.6) is 0 Å². The summed E-state index contributed by atoms with van der Waals surface area (Å²) in [6.45, 7) is 5.07. The number of nitrogens with zero attached hydrogens (tertiary/aromatic N) is 1. The maximum atomic E-state index is 5.21. The zero-order chi connectivity index (χ0) is 5.98. The van der Waals surface area contributed by atoms with Gasteiger partial charge >= 0.3 is 0 Å². The largest absolute Gasteiger partial charge is 0.379 e. The topological polar surface area (TPSA) is 12.5 Å². The van der Waals surface area contributed by atoms with Gasteiger partial charge in [-0.25, -0.2) is 0 Å². The van der Waals surface area contributed by atoms with Crippen LogP contribution in [0.3, 0.4) is 0 Å². The molecular formula is C6H13NOY11. The zero-order valence-electron chi connectivity index (χ0n) is 11.9. The van der Waals surface area contributed by atoms with Crippen molar-refractivity contribution in [1.82, 2.24) is 4.90 Å². The molecule has 1 rings (SSSR count). The minimum Gasteiger partial charge on any atom is -0.379 e. The van der Waals surface area contributed by atoms with Crippen molar-refractivity contribution in [2.45, 2.75) is 13.0 Å². The molecule has 0 spiro atoms. The van der Waals surface area contributed by atoms with Crippen molar-refractivity contribution in [2.24, 2.45) is 0 Å². The number of morpholine rings is 1. The van der Waals surface area contributed by atoms with Crippen LogP contribution in [-0.4, -0.2) is 37.7 Å². The summed E-state index contributed by atoms with van der Waals surface area (Å²) in [7, 11) is 2.13. The molecule has 2 nitrogen and oxygen atoms in total. The van der Waals surface area contributed by atoms with Gasteiger partial charge in [0.2, 0.25) is 0 Å². The fourth-order valence-electron chi connectivity index (χ4n) is 0.810. The first-order valence-corrected chi connectivity index (χ1v) is 3.08. The van der Waals surface area contributed by atoms with Crippen molar-refractivity contribution in [2.75, 3.05) is 26.8 Å². The van der Waals surface area contributed by atoms with E-state index in [0.29, 0.717) is 6.04 Å². The second-order valence-corrected chi connectivity index (χ2v) is 2.40. The van der Waals surface area contributed by atoms with Crippen molar-refractivity contribution in [3.8, 4) is 0 Å². The van der Waals surface area contributed by atoms with Crippen molar-refractivity contribution >= 4 is 0 Å². The van der Waals surface area contributed by atoms with E-state index < -0.39 is 0 Å². The van der Waals surface area contributed by atoms with E-state index in [0.717, 1.165) is 19.8 Å². The first-order valence-electron chi connectivity index (χ1n) is 3.08. The summed E-state index contributed by atoms with van der Waals surface area (Å²) >= 11 is 0. The van der Waals surface area contributed by atoms with Gasteiger partial charge in [0.25, 0.3) is 0 Å². The molecule has 1 heterocycles. The van der Waals surface area contributed by atoms with Crippen LogP contribution < -0.4 is 0 Å². The fourth-order valence-corrected chi connectivity index (χ4v) is 0.810. The second kappa shape index (κ2) is 52.2. The van der Waals surface area contributed by atoms with Crippen molar-refractivity contribution in [1.29, 1.82) is 0 Å². The summed E-state index contributed by atoms with van der Waals surface area (Å²) in [6, 6.07) is 0.615. The number of likely N-dealkylation sites (N-methyl/N-ethyl adjacent to an activating group) is 1. The number of hydrogen-bond donors (Lipinski definition) is 0. The Balaban J connectivity index is -0.00000000646. The van der Waals surface area contributed by atoms with Gasteiger partial charge in [-0.2, -0.15) is 0 Å². The Labute approximate surface area is 396 Å². The molecule has 0 aliphatic carbocycles. The van der Waals surface area contributed by atoms with E-state index in [1.807, 2.05) is 0 Å². The first-order chi connectivity index (χ1) is 3.80. The normalized spacial score (nSPS) is 13.9. The molecule has 1 aliphatic heterocycles. The summed E-state index contributed by atoms with van der Waals surface area (Å²) in [5.41, 5.74) is 0. The Morgan fingerprint density at radius 3 is 1.21 bits per heavy atom. The van der Waals surface area contributed by atoms with E-state index in [1.165, 1.54) is 0 Å². The molecule has 0 aromatic carbocycles. The molecule has 81 valence electrons. The Bertz CT molecular complexity index is 83.6. The fraction of sp³-hybridized carbons (Fsp3) is 1.00. The Hall–Kier alpha value is 12.1. The maximum absolute atomic E-state index is 5.21. The van der Waals surface area contributed by atoms with E-state index >= 15 is 0 Å². The van der Waals surface area contributed by atoms with Gasteiger partial charge < -0.3 is 4.74 Å². The number of rotatable bonds is 0. The maximum Gasteiger partial charge on any atom is 0.0619 e. The van der Waals surface area contributed by atoms with Crippen LogP contribution in [0.15, 0.2) is 0 Å². The first kappa shape index (κ1) is 69.7. The monoisotopic (exact) mass is 1090 g/mol. The minimum absolute atomic E-state index is 0. The van der Waals surface area contributed by atoms with Gasteiger partial charge in [-0.15, -0.1) is 0 Å². The third-order valence-corrected chi connectivity index (χ3v) is 1.70. The molecule has 19 heavy (non-hydrogen) atoms. The summed E-state index contributed by atoms with van der Waals surface area (Å²) in [5.74, 6) is 0. The van der Waals surface area contributed by atoms with Gasteiger partial charge in [0.05, 0.1) is 13.2 Å². The van der Waals surface area contributed by atoms with E-state index in [4.69, 9.17) is 4.74 Å². The smallest absolute Gasteiger partial charge is 0.0619 e. The third kappa shape index (κ3) is 44.5. The average Bonchev–Trinajstić information content (AvgIpc) is 1.77. The van der Waals surface area contributed by atoms with Gasteiger partial charge in [-0.05, 0) is 14.0 Å². The molecule has 1 unspecified atom stereocenters. The summed E-state index contributed by atoms with van der Waals surface area (Å²) in [6.07, 6.45) is 0. The summed E-state index contributed by atoms with van der Waals surface area (Å²) < 4.78 is 5.21. The van der Waals surface area contributed by atoms with Gasteiger partial charge in [-0.3, -0.25) is 4.90 Å². The van der Waals surface area contributed by atoms with Crippen LogP contribution in [0.25, 0.3) is 0 Å². The Morgan fingerprint density at radius 1 is 0.737 bits per heavy atom. The molecule has 1 atom stereocenters. The quantitative estimate of drug-likeness (QED) is 0.347. The van der Waals surface area contributed by atoms with E-state index in [9.17, 15) is 0 Å². The van der Waals surface area contributed by atoms with Gasteiger partial charge in [0, 0.05) is 372 Å². The van der Waals surface area contributed by atoms with Crippen LogP contribution in [0.2, 0.25) is 0 Å². The van der Waals surface area contributed by atoms with Gasteiger partial charge in [-0.1, -0.05) is 0 Å².